The van der Waals surface area contributed by atoms with Crippen molar-refractivity contribution in [3.05, 3.63) is 91.4 Å². The highest BCUT2D eigenvalue weighted by atomic mass is 35.5. The minimum absolute atomic E-state index is 0.0227. The third-order valence-corrected chi connectivity index (χ3v) is 6.46. The highest BCUT2D eigenvalue weighted by molar-refractivity contribution is 7.92. The van der Waals surface area contributed by atoms with Crippen molar-refractivity contribution in [2.24, 2.45) is 5.10 Å². The second-order valence-electron chi connectivity index (χ2n) is 6.48. The van der Waals surface area contributed by atoms with Crippen molar-refractivity contribution >= 4 is 67.6 Å². The second-order valence-corrected chi connectivity index (χ2v) is 9.41. The van der Waals surface area contributed by atoms with E-state index in [4.69, 9.17) is 34.8 Å². The number of anilines is 2. The van der Waals surface area contributed by atoms with Gasteiger partial charge in [-0.3, -0.25) is 20.3 Å². The Morgan fingerprint density at radius 2 is 1.62 bits per heavy atom. The molecule has 166 valence electrons. The number of hydrogen-bond acceptors (Lipinski definition) is 6. The quantitative estimate of drug-likeness (QED) is 0.222. The number of benzene rings is 3. The van der Waals surface area contributed by atoms with E-state index in [1.165, 1.54) is 36.4 Å². The predicted octanol–water partition coefficient (Wildman–Crippen LogP) is 6.19. The molecule has 0 aliphatic heterocycles. The third kappa shape index (κ3) is 5.68. The molecule has 0 unspecified atom stereocenters. The van der Waals surface area contributed by atoms with Gasteiger partial charge in [0.2, 0.25) is 0 Å². The molecule has 0 atom stereocenters. The first-order valence-corrected chi connectivity index (χ1v) is 11.5. The Morgan fingerprint density at radius 1 is 0.969 bits per heavy atom. The van der Waals surface area contributed by atoms with Gasteiger partial charge in [-0.1, -0.05) is 34.8 Å². The number of nitro benzene ring substituents is 1. The maximum Gasteiger partial charge on any atom is 0.270 e. The Morgan fingerprint density at radius 3 is 2.28 bits per heavy atom. The molecule has 0 amide bonds. The molecule has 0 aliphatic rings. The lowest BCUT2D eigenvalue weighted by Crippen LogP contribution is -2.15. The van der Waals surface area contributed by atoms with E-state index in [0.717, 1.165) is 6.07 Å². The fourth-order valence-electron chi connectivity index (χ4n) is 2.65. The molecule has 0 aromatic heterocycles. The molecule has 0 fully saturated rings. The zero-order valence-electron chi connectivity index (χ0n) is 16.3. The topological polar surface area (TPSA) is 114 Å². The van der Waals surface area contributed by atoms with Gasteiger partial charge in [-0.2, -0.15) is 5.10 Å². The van der Waals surface area contributed by atoms with Crippen LogP contribution in [0.1, 0.15) is 12.5 Å². The number of nitrogens with zero attached hydrogens (tertiary/aromatic N) is 2. The molecule has 0 saturated carbocycles. The van der Waals surface area contributed by atoms with E-state index in [9.17, 15) is 18.5 Å². The molecule has 0 bridgehead atoms. The van der Waals surface area contributed by atoms with Crippen LogP contribution in [0.5, 0.6) is 0 Å². The first kappa shape index (κ1) is 23.8. The fraction of sp³-hybridized carbons (Fsp3) is 0.0500. The molecule has 3 aromatic carbocycles. The van der Waals surface area contributed by atoms with Crippen molar-refractivity contribution in [2.75, 3.05) is 10.1 Å². The molecule has 0 spiro atoms. The van der Waals surface area contributed by atoms with Gasteiger partial charge in [0.15, 0.2) is 0 Å². The van der Waals surface area contributed by atoms with Crippen LogP contribution >= 0.6 is 34.8 Å². The van der Waals surface area contributed by atoms with Gasteiger partial charge in [-0.25, -0.2) is 8.42 Å². The van der Waals surface area contributed by atoms with Gasteiger partial charge in [0, 0.05) is 38.5 Å². The number of sulfonamides is 1. The van der Waals surface area contributed by atoms with E-state index >= 15 is 0 Å². The summed E-state index contributed by atoms with van der Waals surface area (Å²) < 4.78 is 28.4. The van der Waals surface area contributed by atoms with Crippen LogP contribution in [-0.2, 0) is 10.0 Å². The average molecular weight is 514 g/mol. The monoisotopic (exact) mass is 512 g/mol. The Kier molecular flexibility index (Phi) is 7.25. The molecule has 0 heterocycles. The van der Waals surface area contributed by atoms with Gasteiger partial charge in [-0.05, 0) is 55.5 Å². The highest BCUT2D eigenvalue weighted by Crippen LogP contribution is 2.29. The van der Waals surface area contributed by atoms with Crippen LogP contribution < -0.4 is 10.1 Å². The average Bonchev–Trinajstić information content (AvgIpc) is 2.75. The van der Waals surface area contributed by atoms with Crippen molar-refractivity contribution in [3.8, 4) is 0 Å². The Balaban J connectivity index is 2.00. The van der Waals surface area contributed by atoms with Crippen molar-refractivity contribution in [1.82, 2.24) is 0 Å². The van der Waals surface area contributed by atoms with Crippen LogP contribution in [0.3, 0.4) is 0 Å². The summed E-state index contributed by atoms with van der Waals surface area (Å²) in [5, 5.41) is 16.7. The number of halogens is 3. The zero-order chi connectivity index (χ0) is 23.5. The van der Waals surface area contributed by atoms with Gasteiger partial charge < -0.3 is 0 Å². The molecule has 12 heteroatoms. The smallest absolute Gasteiger partial charge is 0.270 e. The van der Waals surface area contributed by atoms with E-state index in [2.05, 4.69) is 15.2 Å². The highest BCUT2D eigenvalue weighted by Gasteiger charge is 2.23. The largest absolute Gasteiger partial charge is 0.280 e. The van der Waals surface area contributed by atoms with Gasteiger partial charge in [-0.15, -0.1) is 0 Å². The lowest BCUT2D eigenvalue weighted by atomic mass is 10.1. The van der Waals surface area contributed by atoms with Crippen LogP contribution in [0, 0.1) is 10.1 Å². The fourth-order valence-corrected chi connectivity index (χ4v) is 4.43. The van der Waals surface area contributed by atoms with E-state index in [1.54, 1.807) is 25.1 Å². The molecule has 0 aliphatic carbocycles. The molecule has 2 N–H and O–H groups in total. The summed E-state index contributed by atoms with van der Waals surface area (Å²) >= 11 is 18.0. The maximum absolute atomic E-state index is 13.0. The van der Waals surface area contributed by atoms with Crippen LogP contribution in [0.25, 0.3) is 0 Å². The normalized spacial score (nSPS) is 11.8. The molecule has 0 radical (unpaired) electrons. The summed E-state index contributed by atoms with van der Waals surface area (Å²) in [5.41, 5.74) is 3.47. The van der Waals surface area contributed by atoms with E-state index in [1.807, 2.05) is 0 Å². The summed E-state index contributed by atoms with van der Waals surface area (Å²) in [6, 6.07) is 14.2. The van der Waals surface area contributed by atoms with Gasteiger partial charge in [0.25, 0.3) is 15.7 Å². The van der Waals surface area contributed by atoms with E-state index < -0.39 is 20.6 Å². The SMILES string of the molecule is C/C(=N\Nc1ccc([N+](=O)[O-])cc1S(=O)(=O)Nc1ccc(Cl)cc1)c1cc(Cl)ccc1Cl. The molecule has 0 saturated heterocycles. The maximum atomic E-state index is 13.0. The van der Waals surface area contributed by atoms with Crippen molar-refractivity contribution in [3.63, 3.8) is 0 Å². The summed E-state index contributed by atoms with van der Waals surface area (Å²) in [6.07, 6.45) is 0. The number of hydrogen-bond donors (Lipinski definition) is 2. The number of nitrogens with one attached hydrogen (secondary N) is 2. The number of non-ortho nitro benzene ring substituents is 1. The van der Waals surface area contributed by atoms with E-state index in [-0.39, 0.29) is 16.3 Å². The van der Waals surface area contributed by atoms with Gasteiger partial charge in [0.05, 0.1) is 16.3 Å². The lowest BCUT2D eigenvalue weighted by Gasteiger charge is -2.13. The molecule has 3 rings (SSSR count). The molecule has 8 nitrogen and oxygen atoms in total. The van der Waals surface area contributed by atoms with Crippen LogP contribution in [0.2, 0.25) is 15.1 Å². The van der Waals surface area contributed by atoms with Crippen molar-refractivity contribution < 1.29 is 13.3 Å². The zero-order valence-corrected chi connectivity index (χ0v) is 19.4. The molecular formula is C20H15Cl3N4O4S. The minimum atomic E-state index is -4.22. The summed E-state index contributed by atoms with van der Waals surface area (Å²) in [5.74, 6) is 0. The number of nitro groups is 1. The third-order valence-electron chi connectivity index (χ3n) is 4.22. The summed E-state index contributed by atoms with van der Waals surface area (Å²) in [6.45, 7) is 1.65. The Bertz CT molecular complexity index is 1310. The molecule has 3 aromatic rings. The first-order valence-electron chi connectivity index (χ1n) is 8.89. The molecule has 32 heavy (non-hydrogen) atoms. The standard InChI is InChI=1S/C20H15Cl3N4O4S/c1-12(17-10-14(22)4-8-18(17)23)24-25-19-9-7-16(27(28)29)11-20(19)32(30,31)26-15-5-2-13(21)3-6-15/h2-11,25-26H,1H3/b24-12+. The Hall–Kier alpha value is -2.85. The molecular weight excluding hydrogens is 499 g/mol. The van der Waals surface area contributed by atoms with Crippen LogP contribution in [-0.4, -0.2) is 19.1 Å². The number of rotatable bonds is 7. The van der Waals surface area contributed by atoms with Crippen molar-refractivity contribution in [1.29, 1.82) is 0 Å². The van der Waals surface area contributed by atoms with Gasteiger partial charge in [0.1, 0.15) is 4.90 Å². The van der Waals surface area contributed by atoms with Crippen LogP contribution in [0.15, 0.2) is 70.7 Å². The predicted molar refractivity (Wildman–Crippen MR) is 128 cm³/mol. The van der Waals surface area contributed by atoms with Gasteiger partial charge >= 0.3 is 0 Å². The second kappa shape index (κ2) is 9.74. The minimum Gasteiger partial charge on any atom is -0.280 e. The van der Waals surface area contributed by atoms with Crippen LogP contribution in [0.4, 0.5) is 17.1 Å². The first-order chi connectivity index (χ1) is 15.1. The summed E-state index contributed by atoms with van der Waals surface area (Å²) in [4.78, 5) is 10.2. The lowest BCUT2D eigenvalue weighted by molar-refractivity contribution is -0.385. The summed E-state index contributed by atoms with van der Waals surface area (Å²) in [7, 11) is -4.22. The Labute approximate surface area is 199 Å². The van der Waals surface area contributed by atoms with Crippen molar-refractivity contribution in [2.45, 2.75) is 11.8 Å². The number of hydrazone groups is 1. The van der Waals surface area contributed by atoms with E-state index in [0.29, 0.717) is 26.3 Å².